The molecule has 2 aliphatic heterocycles. The number of thiazole rings is 1. The van der Waals surface area contributed by atoms with E-state index in [0.717, 1.165) is 18.2 Å². The predicted molar refractivity (Wildman–Crippen MR) is 139 cm³/mol. The summed E-state index contributed by atoms with van der Waals surface area (Å²) < 4.78 is 7.16. The van der Waals surface area contributed by atoms with Gasteiger partial charge in [0.2, 0.25) is 0 Å². The highest BCUT2D eigenvalue weighted by atomic mass is 32.1. The number of rotatable bonds is 6. The molecule has 2 aliphatic rings. The maximum absolute atomic E-state index is 12.5. The van der Waals surface area contributed by atoms with Gasteiger partial charge in [0.15, 0.2) is 5.13 Å². The maximum Gasteiger partial charge on any atom is 0.273 e. The third-order valence-corrected chi connectivity index (χ3v) is 12.7. The van der Waals surface area contributed by atoms with Crippen LogP contribution in [0.5, 0.6) is 0 Å². The summed E-state index contributed by atoms with van der Waals surface area (Å²) in [6, 6.07) is 21.4. The van der Waals surface area contributed by atoms with Crippen LogP contribution < -0.4 is 15.3 Å². The monoisotopic (exact) mass is 493 g/mol. The van der Waals surface area contributed by atoms with Crippen molar-refractivity contribution < 1.29 is 14.3 Å². The first-order valence-corrected chi connectivity index (χ1v) is 14.5. The van der Waals surface area contributed by atoms with Crippen LogP contribution in [-0.2, 0) is 4.43 Å². The normalized spacial score (nSPS) is 17.4. The summed E-state index contributed by atoms with van der Waals surface area (Å²) in [6.45, 7) is 9.18. The van der Waals surface area contributed by atoms with Crippen LogP contribution in [0.15, 0.2) is 66.0 Å². The van der Waals surface area contributed by atoms with Gasteiger partial charge in [0.05, 0.1) is 12.2 Å². The number of aromatic nitrogens is 1. The lowest BCUT2D eigenvalue weighted by Crippen LogP contribution is -2.70. The Morgan fingerprint density at radius 3 is 2.06 bits per heavy atom. The molecule has 0 spiro atoms. The van der Waals surface area contributed by atoms with E-state index >= 15 is 0 Å². The van der Waals surface area contributed by atoms with Crippen molar-refractivity contribution in [2.24, 2.45) is 0 Å². The molecule has 8 heteroatoms. The topological polar surface area (TPSA) is 65.9 Å². The van der Waals surface area contributed by atoms with E-state index in [4.69, 9.17) is 4.43 Å². The summed E-state index contributed by atoms with van der Waals surface area (Å²) >= 11 is 1.49. The van der Waals surface area contributed by atoms with Gasteiger partial charge in [0.25, 0.3) is 14.2 Å². The second-order valence-corrected chi connectivity index (χ2v) is 15.3. The van der Waals surface area contributed by atoms with Crippen LogP contribution in [0.2, 0.25) is 5.04 Å². The number of β-amino-alcohol motifs (C(OH)–C–C–N with tert-alkyl or cyclic N) is 1. The number of hydrogen-bond donors (Lipinski definition) is 1. The van der Waals surface area contributed by atoms with Crippen molar-refractivity contribution in [3.8, 4) is 0 Å². The Labute approximate surface area is 206 Å². The minimum atomic E-state index is -2.57. The van der Waals surface area contributed by atoms with E-state index in [0.29, 0.717) is 18.8 Å². The van der Waals surface area contributed by atoms with Crippen LogP contribution in [0, 0.1) is 0 Å². The largest absolute Gasteiger partial charge is 0.401 e. The molecule has 0 unspecified atom stereocenters. The number of nitrogens with zero attached hydrogens (tertiary/aromatic N) is 3. The van der Waals surface area contributed by atoms with Crippen molar-refractivity contribution in [1.29, 1.82) is 0 Å². The van der Waals surface area contributed by atoms with Crippen LogP contribution in [0.1, 0.15) is 31.3 Å². The molecule has 0 atom stereocenters. The second-order valence-electron chi connectivity index (χ2n) is 10.2. The minimum Gasteiger partial charge on any atom is -0.401 e. The number of benzene rings is 2. The lowest BCUT2D eigenvalue weighted by atomic mass is 10.1. The highest BCUT2D eigenvalue weighted by Gasteiger charge is 2.52. The van der Waals surface area contributed by atoms with Crippen molar-refractivity contribution in [3.63, 3.8) is 0 Å². The van der Waals surface area contributed by atoms with Gasteiger partial charge in [-0.3, -0.25) is 4.79 Å². The summed E-state index contributed by atoms with van der Waals surface area (Å²) in [5.41, 5.74) is 0.461. The van der Waals surface area contributed by atoms with E-state index in [-0.39, 0.29) is 17.0 Å². The van der Waals surface area contributed by atoms with E-state index in [1.54, 1.807) is 4.90 Å². The highest BCUT2D eigenvalue weighted by Crippen LogP contribution is 2.39. The van der Waals surface area contributed by atoms with Crippen LogP contribution in [-0.4, -0.2) is 67.6 Å². The molecule has 0 saturated carbocycles. The molecular weight excluding hydrogens is 462 g/mol. The molecule has 1 aromatic heterocycles. The predicted octanol–water partition coefficient (Wildman–Crippen LogP) is 2.73. The minimum absolute atomic E-state index is 0.0569. The molecule has 178 valence electrons. The quantitative estimate of drug-likeness (QED) is 0.535. The molecule has 6 nitrogen and oxygen atoms in total. The molecule has 3 heterocycles. The zero-order valence-corrected chi connectivity index (χ0v) is 21.7. The Bertz CT molecular complexity index is 1100. The molecular formula is C26H31N3O3SSi. The Morgan fingerprint density at radius 1 is 1.00 bits per heavy atom. The van der Waals surface area contributed by atoms with Gasteiger partial charge in [-0.15, -0.1) is 11.3 Å². The molecule has 1 N–H and O–H groups in total. The molecule has 0 radical (unpaired) electrons. The number of likely N-dealkylation sites (tertiary alicyclic amines) is 1. The maximum atomic E-state index is 12.5. The fraction of sp³-hybridized carbons (Fsp3) is 0.385. The number of amides is 1. The summed E-state index contributed by atoms with van der Waals surface area (Å²) in [4.78, 5) is 20.9. The fourth-order valence-corrected chi connectivity index (χ4v) is 10.4. The molecule has 0 aliphatic carbocycles. The third-order valence-electron chi connectivity index (χ3n) is 6.74. The number of carbonyl (C=O) groups is 1. The second kappa shape index (κ2) is 8.92. The molecule has 2 saturated heterocycles. The number of carbonyl (C=O) groups excluding carboxylic acids is 1. The summed E-state index contributed by atoms with van der Waals surface area (Å²) in [6.07, 6.45) is -0.309. The molecule has 1 amide bonds. The van der Waals surface area contributed by atoms with Gasteiger partial charge in [-0.1, -0.05) is 81.4 Å². The Morgan fingerprint density at radius 2 is 1.56 bits per heavy atom. The van der Waals surface area contributed by atoms with E-state index in [9.17, 15) is 9.90 Å². The van der Waals surface area contributed by atoms with Crippen molar-refractivity contribution in [3.05, 3.63) is 71.7 Å². The van der Waals surface area contributed by atoms with Gasteiger partial charge in [0, 0.05) is 31.6 Å². The first-order chi connectivity index (χ1) is 16.3. The molecule has 2 aromatic carbocycles. The zero-order chi connectivity index (χ0) is 23.9. The average Bonchev–Trinajstić information content (AvgIpc) is 3.26. The van der Waals surface area contributed by atoms with Crippen molar-refractivity contribution in [1.82, 2.24) is 9.88 Å². The van der Waals surface area contributed by atoms with E-state index < -0.39 is 14.4 Å². The average molecular weight is 494 g/mol. The van der Waals surface area contributed by atoms with Gasteiger partial charge in [-0.05, 0) is 15.4 Å². The number of aliphatic hydroxyl groups is 1. The van der Waals surface area contributed by atoms with Crippen molar-refractivity contribution in [2.75, 3.05) is 31.1 Å². The summed E-state index contributed by atoms with van der Waals surface area (Å²) in [5.74, 6) is -0.103. The van der Waals surface area contributed by atoms with Crippen LogP contribution in [0.4, 0.5) is 5.13 Å². The van der Waals surface area contributed by atoms with Gasteiger partial charge in [-0.25, -0.2) is 4.98 Å². The van der Waals surface area contributed by atoms with Crippen molar-refractivity contribution in [2.45, 2.75) is 38.0 Å². The van der Waals surface area contributed by atoms with Gasteiger partial charge in [0.1, 0.15) is 5.69 Å². The van der Waals surface area contributed by atoms with Gasteiger partial charge in [-0.2, -0.15) is 0 Å². The molecule has 34 heavy (non-hydrogen) atoms. The number of anilines is 1. The Balaban J connectivity index is 1.35. The Kier molecular flexibility index (Phi) is 6.10. The first-order valence-electron chi connectivity index (χ1n) is 11.7. The lowest BCUT2D eigenvalue weighted by molar-refractivity contribution is 0.00556. The standard InChI is InChI=1S/C26H31N3O3SSi/c1-26(2,3)34(21-10-6-4-7-11-21,22-12-8-5-9-13-22)32-20-16-29(17-20)25-27-23(18-33-25)24(31)28-14-19(30)15-28/h4-13,18-20,30H,14-17H2,1-3H3. The van der Waals surface area contributed by atoms with Crippen LogP contribution >= 0.6 is 11.3 Å². The smallest absolute Gasteiger partial charge is 0.273 e. The summed E-state index contributed by atoms with van der Waals surface area (Å²) in [7, 11) is -2.57. The third kappa shape index (κ3) is 4.09. The SMILES string of the molecule is CC(C)(C)[Si](OC1CN(c2nc(C(=O)N3CC(O)C3)cs2)C1)(c1ccccc1)c1ccccc1. The number of hydrogen-bond acceptors (Lipinski definition) is 6. The first kappa shape index (κ1) is 23.2. The molecule has 3 aromatic rings. The van der Waals surface area contributed by atoms with Crippen LogP contribution in [0.3, 0.4) is 0 Å². The molecule has 5 rings (SSSR count). The van der Waals surface area contributed by atoms with E-state index in [1.165, 1.54) is 21.7 Å². The van der Waals surface area contributed by atoms with Gasteiger partial charge < -0.3 is 19.3 Å². The lowest BCUT2D eigenvalue weighted by Gasteiger charge is -2.49. The van der Waals surface area contributed by atoms with Crippen molar-refractivity contribution >= 4 is 41.1 Å². The van der Waals surface area contributed by atoms with Crippen LogP contribution in [0.25, 0.3) is 0 Å². The van der Waals surface area contributed by atoms with Gasteiger partial charge >= 0.3 is 0 Å². The highest BCUT2D eigenvalue weighted by molar-refractivity contribution is 7.14. The van der Waals surface area contributed by atoms with E-state index in [1.807, 2.05) is 5.38 Å². The Hall–Kier alpha value is -2.52. The molecule has 0 bridgehead atoms. The summed E-state index contributed by atoms with van der Waals surface area (Å²) in [5, 5.41) is 14.6. The zero-order valence-electron chi connectivity index (χ0n) is 19.8. The number of aliphatic hydroxyl groups excluding tert-OH is 1. The van der Waals surface area contributed by atoms with E-state index in [2.05, 4.69) is 91.3 Å². The molecule has 2 fully saturated rings. The fourth-order valence-electron chi connectivity index (χ4n) is 4.90.